The first kappa shape index (κ1) is 29.5. The maximum Gasteiger partial charge on any atom is 0.416 e. The van der Waals surface area contributed by atoms with E-state index in [4.69, 9.17) is 9.47 Å². The number of thioether (sulfide) groups is 1. The fourth-order valence-corrected chi connectivity index (χ4v) is 5.62. The first-order valence-electron chi connectivity index (χ1n) is 12.7. The average Bonchev–Trinajstić information content (AvgIpc) is 3.59. The fourth-order valence-electron chi connectivity index (χ4n) is 4.67. The van der Waals surface area contributed by atoms with Crippen molar-refractivity contribution in [3.8, 4) is 11.5 Å². The van der Waals surface area contributed by atoms with Crippen LogP contribution in [0.4, 0.5) is 26.3 Å². The van der Waals surface area contributed by atoms with Crippen LogP contribution in [0, 0.1) is 0 Å². The van der Waals surface area contributed by atoms with E-state index in [1.165, 1.54) is 24.9 Å². The Morgan fingerprint density at radius 2 is 1.83 bits per heavy atom. The van der Waals surface area contributed by atoms with Gasteiger partial charge in [0.25, 0.3) is 5.91 Å². The predicted octanol–water partition coefficient (Wildman–Crippen LogP) is 7.17. The summed E-state index contributed by atoms with van der Waals surface area (Å²) in [5, 5.41) is 0.605. The smallest absolute Gasteiger partial charge is 0.416 e. The van der Waals surface area contributed by atoms with E-state index in [1.807, 2.05) is 18.2 Å². The first-order chi connectivity index (χ1) is 19.9. The standard InChI is InChI=1S/C29H23F6N3O3S/c1-40-24-12-17(5-8-23(24)41-16-19-6-7-20(28(30,31)32)14-21(19)29(33,34)35)13-25-26(39)37-27(42-25)38-11-9-18(15-38)22-4-2-3-10-36-22/h2-8,10,12-14,18H,9,11,15-16H2,1H3/b25-13+. The number of amidine groups is 1. The number of benzene rings is 2. The minimum absolute atomic E-state index is 0.0681. The maximum atomic E-state index is 13.5. The number of rotatable bonds is 6. The van der Waals surface area contributed by atoms with Gasteiger partial charge in [0.1, 0.15) is 6.61 Å². The van der Waals surface area contributed by atoms with E-state index in [1.54, 1.807) is 24.4 Å². The van der Waals surface area contributed by atoms with Crippen molar-refractivity contribution in [1.82, 2.24) is 9.88 Å². The zero-order valence-electron chi connectivity index (χ0n) is 22.0. The average molecular weight is 608 g/mol. The molecule has 0 spiro atoms. The van der Waals surface area contributed by atoms with E-state index in [0.717, 1.165) is 24.7 Å². The molecule has 0 N–H and O–H groups in total. The van der Waals surface area contributed by atoms with Crippen LogP contribution in [-0.2, 0) is 23.8 Å². The molecule has 5 rings (SSSR count). The third-order valence-corrected chi connectivity index (χ3v) is 7.83. The van der Waals surface area contributed by atoms with E-state index < -0.39 is 41.6 Å². The normalized spacial score (nSPS) is 18.5. The number of nitrogens with zero attached hydrogens (tertiary/aromatic N) is 3. The van der Waals surface area contributed by atoms with Crippen molar-refractivity contribution in [1.29, 1.82) is 0 Å². The molecule has 1 fully saturated rings. The summed E-state index contributed by atoms with van der Waals surface area (Å²) in [5.41, 5.74) is -1.75. The van der Waals surface area contributed by atoms with Crippen LogP contribution in [0.5, 0.6) is 11.5 Å². The molecule has 3 aromatic rings. The number of pyridine rings is 1. The Kier molecular flexibility index (Phi) is 8.22. The molecule has 6 nitrogen and oxygen atoms in total. The molecule has 0 bridgehead atoms. The zero-order valence-corrected chi connectivity index (χ0v) is 22.8. The molecule has 1 aromatic heterocycles. The molecule has 0 saturated carbocycles. The lowest BCUT2D eigenvalue weighted by molar-refractivity contribution is -0.143. The highest BCUT2D eigenvalue weighted by Crippen LogP contribution is 2.39. The van der Waals surface area contributed by atoms with Gasteiger partial charge in [-0.25, -0.2) is 0 Å². The molecule has 0 radical (unpaired) electrons. The lowest BCUT2D eigenvalue weighted by Crippen LogP contribution is -2.24. The van der Waals surface area contributed by atoms with Crippen molar-refractivity contribution in [2.75, 3.05) is 20.2 Å². The molecule has 13 heteroatoms. The van der Waals surface area contributed by atoms with Crippen molar-refractivity contribution in [3.05, 3.63) is 93.6 Å². The summed E-state index contributed by atoms with van der Waals surface area (Å²) in [6, 6.07) is 11.7. The Labute approximate surface area is 241 Å². The topological polar surface area (TPSA) is 64.0 Å². The summed E-state index contributed by atoms with van der Waals surface area (Å²) < 4.78 is 90.2. The van der Waals surface area contributed by atoms with Gasteiger partial charge in [-0.15, -0.1) is 0 Å². The number of halogens is 6. The molecule has 2 aliphatic heterocycles. The Balaban J connectivity index is 1.27. The number of methoxy groups -OCH3 is 1. The lowest BCUT2D eigenvalue weighted by atomic mass is 10.0. The van der Waals surface area contributed by atoms with Crippen LogP contribution in [0.25, 0.3) is 6.08 Å². The van der Waals surface area contributed by atoms with Gasteiger partial charge in [0.05, 0.1) is 23.1 Å². The van der Waals surface area contributed by atoms with E-state index in [9.17, 15) is 31.1 Å². The second-order valence-corrected chi connectivity index (χ2v) is 10.6. The van der Waals surface area contributed by atoms with Crippen LogP contribution in [0.1, 0.15) is 40.3 Å². The molecular formula is C29H23F6N3O3S. The van der Waals surface area contributed by atoms with E-state index in [0.29, 0.717) is 28.2 Å². The molecule has 2 aliphatic rings. The van der Waals surface area contributed by atoms with E-state index >= 15 is 0 Å². The van der Waals surface area contributed by atoms with Crippen LogP contribution in [0.15, 0.2) is 70.7 Å². The Hall–Kier alpha value is -4.00. The van der Waals surface area contributed by atoms with Crippen molar-refractivity contribution < 1.29 is 40.6 Å². The highest BCUT2D eigenvalue weighted by Gasteiger charge is 2.38. The number of aromatic nitrogens is 1. The Bertz CT molecular complexity index is 1540. The Morgan fingerprint density at radius 3 is 2.52 bits per heavy atom. The minimum Gasteiger partial charge on any atom is -0.493 e. The Morgan fingerprint density at radius 1 is 1.02 bits per heavy atom. The zero-order chi connectivity index (χ0) is 30.1. The van der Waals surface area contributed by atoms with Gasteiger partial charge in [-0.1, -0.05) is 18.2 Å². The van der Waals surface area contributed by atoms with Gasteiger partial charge < -0.3 is 14.4 Å². The molecule has 0 aliphatic carbocycles. The van der Waals surface area contributed by atoms with Crippen LogP contribution in [0.3, 0.4) is 0 Å². The third kappa shape index (κ3) is 6.56. The lowest BCUT2D eigenvalue weighted by Gasteiger charge is -2.17. The van der Waals surface area contributed by atoms with E-state index in [2.05, 4.69) is 14.9 Å². The molecule has 1 atom stereocenters. The third-order valence-electron chi connectivity index (χ3n) is 6.79. The second kappa shape index (κ2) is 11.7. The number of carbonyl (C=O) groups excluding carboxylic acids is 1. The SMILES string of the molecule is COc1cc(/C=C2/SC(N3CCC(c4ccccn4)C3)=NC2=O)ccc1OCc1ccc(C(F)(F)F)cc1C(F)(F)F. The quantitative estimate of drug-likeness (QED) is 0.219. The fraction of sp³-hybridized carbons (Fsp3) is 0.276. The minimum atomic E-state index is -5.01. The number of hydrogen-bond acceptors (Lipinski definition) is 6. The van der Waals surface area contributed by atoms with Gasteiger partial charge >= 0.3 is 12.4 Å². The molecule has 1 unspecified atom stereocenters. The van der Waals surface area contributed by atoms with Gasteiger partial charge in [0.2, 0.25) is 0 Å². The summed E-state index contributed by atoms with van der Waals surface area (Å²) in [4.78, 5) is 23.7. The summed E-state index contributed by atoms with van der Waals surface area (Å²) in [6.07, 6.45) is -5.67. The molecular weight excluding hydrogens is 584 g/mol. The molecule has 42 heavy (non-hydrogen) atoms. The summed E-state index contributed by atoms with van der Waals surface area (Å²) in [5.74, 6) is 0.0913. The number of aliphatic imine (C=N–C) groups is 1. The summed E-state index contributed by atoms with van der Waals surface area (Å²) in [6.45, 7) is 0.783. The molecule has 1 saturated heterocycles. The number of amides is 1. The molecule has 220 valence electrons. The monoisotopic (exact) mass is 607 g/mol. The van der Waals surface area contributed by atoms with Crippen LogP contribution < -0.4 is 9.47 Å². The number of hydrogen-bond donors (Lipinski definition) is 0. The van der Waals surface area contributed by atoms with Crippen LogP contribution >= 0.6 is 11.8 Å². The van der Waals surface area contributed by atoms with Crippen LogP contribution in [-0.4, -0.2) is 41.2 Å². The first-order valence-corrected chi connectivity index (χ1v) is 13.5. The number of ether oxygens (including phenoxy) is 2. The van der Waals surface area contributed by atoms with Gasteiger partial charge in [0.15, 0.2) is 16.7 Å². The van der Waals surface area contributed by atoms with Gasteiger partial charge in [0, 0.05) is 36.5 Å². The highest BCUT2D eigenvalue weighted by molar-refractivity contribution is 8.18. The van der Waals surface area contributed by atoms with Crippen molar-refractivity contribution in [2.45, 2.75) is 31.3 Å². The number of carbonyl (C=O) groups is 1. The summed E-state index contributed by atoms with van der Waals surface area (Å²) >= 11 is 1.25. The molecule has 3 heterocycles. The largest absolute Gasteiger partial charge is 0.493 e. The van der Waals surface area contributed by atoms with Crippen molar-refractivity contribution >= 4 is 28.9 Å². The highest BCUT2D eigenvalue weighted by atomic mass is 32.2. The predicted molar refractivity (Wildman–Crippen MR) is 145 cm³/mol. The van der Waals surface area contributed by atoms with Gasteiger partial charge in [-0.2, -0.15) is 31.3 Å². The van der Waals surface area contributed by atoms with E-state index in [-0.39, 0.29) is 23.5 Å². The molecule has 1 amide bonds. The second-order valence-electron chi connectivity index (χ2n) is 9.56. The maximum absolute atomic E-state index is 13.5. The number of likely N-dealkylation sites (tertiary alicyclic amines) is 1. The van der Waals surface area contributed by atoms with Gasteiger partial charge in [-0.05, 0) is 66.2 Å². The summed E-state index contributed by atoms with van der Waals surface area (Å²) in [7, 11) is 1.33. The number of alkyl halides is 6. The van der Waals surface area contributed by atoms with Crippen molar-refractivity contribution in [3.63, 3.8) is 0 Å². The van der Waals surface area contributed by atoms with Gasteiger partial charge in [-0.3, -0.25) is 9.78 Å². The van der Waals surface area contributed by atoms with Crippen molar-refractivity contribution in [2.24, 2.45) is 4.99 Å². The molecule has 2 aromatic carbocycles. The van der Waals surface area contributed by atoms with Crippen LogP contribution in [0.2, 0.25) is 0 Å².